The summed E-state index contributed by atoms with van der Waals surface area (Å²) in [6, 6.07) is 7.17. The number of benzene rings is 1. The molecule has 4 nitrogen and oxygen atoms in total. The summed E-state index contributed by atoms with van der Waals surface area (Å²) < 4.78 is 10.8. The Balaban J connectivity index is 1.88. The Morgan fingerprint density at radius 3 is 2.58 bits per heavy atom. The first-order chi connectivity index (χ1) is 11.4. The zero-order valence-electron chi connectivity index (χ0n) is 15.1. The number of esters is 2. The highest BCUT2D eigenvalue weighted by molar-refractivity contribution is 5.92. The van der Waals surface area contributed by atoms with Gasteiger partial charge in [0.1, 0.15) is 6.10 Å². The van der Waals surface area contributed by atoms with Crippen LogP contribution in [0.5, 0.6) is 0 Å². The zero-order chi connectivity index (χ0) is 17.7. The molecule has 4 heteroatoms. The molecular formula is C20H28O4. The van der Waals surface area contributed by atoms with Crippen LogP contribution in [-0.4, -0.2) is 24.6 Å². The highest BCUT2D eigenvalue weighted by Crippen LogP contribution is 2.35. The molecule has 1 aliphatic rings. The van der Waals surface area contributed by atoms with Crippen molar-refractivity contribution in [3.63, 3.8) is 0 Å². The summed E-state index contributed by atoms with van der Waals surface area (Å²) in [6.45, 7) is 8.03. The van der Waals surface area contributed by atoms with Crippen molar-refractivity contribution in [1.82, 2.24) is 0 Å². The van der Waals surface area contributed by atoms with Gasteiger partial charge in [0.2, 0.25) is 0 Å². The van der Waals surface area contributed by atoms with Gasteiger partial charge >= 0.3 is 11.9 Å². The van der Waals surface area contributed by atoms with E-state index in [1.165, 1.54) is 6.42 Å². The maximum absolute atomic E-state index is 12.1. The van der Waals surface area contributed by atoms with Crippen LogP contribution < -0.4 is 0 Å². The Labute approximate surface area is 144 Å². The average molecular weight is 332 g/mol. The van der Waals surface area contributed by atoms with Crippen LogP contribution in [0.3, 0.4) is 0 Å². The predicted molar refractivity (Wildman–Crippen MR) is 92.7 cm³/mol. The van der Waals surface area contributed by atoms with Crippen LogP contribution in [0.15, 0.2) is 24.3 Å². The fraction of sp³-hybridized carbons (Fsp3) is 0.600. The molecule has 1 aromatic rings. The summed E-state index contributed by atoms with van der Waals surface area (Å²) in [5.74, 6) is 0.485. The van der Waals surface area contributed by atoms with Crippen molar-refractivity contribution in [3.8, 4) is 0 Å². The normalized spacial score (nSPS) is 23.8. The Morgan fingerprint density at radius 1 is 1.21 bits per heavy atom. The minimum Gasteiger partial charge on any atom is -0.460 e. The van der Waals surface area contributed by atoms with Gasteiger partial charge in [-0.3, -0.25) is 0 Å². The molecule has 132 valence electrons. The fourth-order valence-corrected chi connectivity index (χ4v) is 3.46. The van der Waals surface area contributed by atoms with Gasteiger partial charge in [0.15, 0.2) is 6.61 Å². The fourth-order valence-electron chi connectivity index (χ4n) is 3.46. The van der Waals surface area contributed by atoms with Gasteiger partial charge < -0.3 is 9.47 Å². The molecule has 1 fully saturated rings. The molecule has 0 N–H and O–H groups in total. The summed E-state index contributed by atoms with van der Waals surface area (Å²) in [5, 5.41) is 0. The van der Waals surface area contributed by atoms with Crippen LogP contribution in [0.2, 0.25) is 0 Å². The molecule has 0 heterocycles. The Bertz CT molecular complexity index is 579. The Morgan fingerprint density at radius 2 is 1.92 bits per heavy atom. The van der Waals surface area contributed by atoms with Gasteiger partial charge in [-0.1, -0.05) is 45.4 Å². The summed E-state index contributed by atoms with van der Waals surface area (Å²) in [4.78, 5) is 24.2. The Kier molecular flexibility index (Phi) is 6.41. The molecule has 0 unspecified atom stereocenters. The highest BCUT2D eigenvalue weighted by Gasteiger charge is 2.33. The molecule has 0 aromatic heterocycles. The van der Waals surface area contributed by atoms with Crippen LogP contribution >= 0.6 is 0 Å². The standard InChI is InChI=1S/C20H28O4/c1-13(2)16-10-9-14(3)11-18(16)24-19(21)12-23-20(22)17-8-6-5-7-15(17)4/h5-8,13-14,16,18H,9-12H2,1-4H3/t14-,16+,18-/m1/s1. The van der Waals surface area contributed by atoms with E-state index in [0.717, 1.165) is 18.4 Å². The number of aryl methyl sites for hydroxylation is 1. The van der Waals surface area contributed by atoms with E-state index in [9.17, 15) is 9.59 Å². The van der Waals surface area contributed by atoms with Gasteiger partial charge in [-0.25, -0.2) is 9.59 Å². The van der Waals surface area contributed by atoms with Gasteiger partial charge in [0, 0.05) is 0 Å². The van der Waals surface area contributed by atoms with E-state index in [2.05, 4.69) is 20.8 Å². The first kappa shape index (κ1) is 18.5. The summed E-state index contributed by atoms with van der Waals surface area (Å²) in [5.41, 5.74) is 1.31. The van der Waals surface area contributed by atoms with Crippen LogP contribution in [-0.2, 0) is 14.3 Å². The zero-order valence-corrected chi connectivity index (χ0v) is 15.1. The molecular weight excluding hydrogens is 304 g/mol. The Hall–Kier alpha value is -1.84. The second-order valence-corrected chi connectivity index (χ2v) is 7.25. The van der Waals surface area contributed by atoms with E-state index in [0.29, 0.717) is 23.3 Å². The summed E-state index contributed by atoms with van der Waals surface area (Å²) in [6.07, 6.45) is 3.08. The molecule has 0 radical (unpaired) electrons. The van der Waals surface area contributed by atoms with Crippen molar-refractivity contribution < 1.29 is 19.1 Å². The van der Waals surface area contributed by atoms with Crippen molar-refractivity contribution in [2.75, 3.05) is 6.61 Å². The molecule has 0 amide bonds. The molecule has 1 saturated carbocycles. The maximum Gasteiger partial charge on any atom is 0.344 e. The van der Waals surface area contributed by atoms with Crippen LogP contribution in [0.4, 0.5) is 0 Å². The van der Waals surface area contributed by atoms with Crippen molar-refractivity contribution in [3.05, 3.63) is 35.4 Å². The molecule has 1 aliphatic carbocycles. The summed E-state index contributed by atoms with van der Waals surface area (Å²) >= 11 is 0. The number of carbonyl (C=O) groups is 2. The summed E-state index contributed by atoms with van der Waals surface area (Å²) in [7, 11) is 0. The predicted octanol–water partition coefficient (Wildman–Crippen LogP) is 4.16. The second kappa shape index (κ2) is 8.32. The molecule has 0 aliphatic heterocycles. The lowest BCUT2D eigenvalue weighted by molar-refractivity contribution is -0.159. The monoisotopic (exact) mass is 332 g/mol. The molecule has 0 bridgehead atoms. The van der Waals surface area contributed by atoms with E-state index in [1.807, 2.05) is 19.1 Å². The molecule has 0 spiro atoms. The first-order valence-electron chi connectivity index (χ1n) is 8.80. The third kappa shape index (κ3) is 4.83. The van der Waals surface area contributed by atoms with Crippen molar-refractivity contribution in [2.45, 2.75) is 53.1 Å². The van der Waals surface area contributed by atoms with E-state index in [4.69, 9.17) is 9.47 Å². The van der Waals surface area contributed by atoms with Gasteiger partial charge in [0.05, 0.1) is 5.56 Å². The molecule has 2 rings (SSSR count). The maximum atomic E-state index is 12.1. The molecule has 0 saturated heterocycles. The lowest BCUT2D eigenvalue weighted by atomic mass is 9.75. The van der Waals surface area contributed by atoms with E-state index < -0.39 is 11.9 Å². The van der Waals surface area contributed by atoms with Gasteiger partial charge in [-0.2, -0.15) is 0 Å². The molecule has 3 atom stereocenters. The van der Waals surface area contributed by atoms with Gasteiger partial charge in [-0.15, -0.1) is 0 Å². The van der Waals surface area contributed by atoms with Crippen LogP contribution in [0, 0.1) is 24.7 Å². The van der Waals surface area contributed by atoms with Crippen molar-refractivity contribution in [2.24, 2.45) is 17.8 Å². The average Bonchev–Trinajstić information content (AvgIpc) is 2.53. The number of carbonyl (C=O) groups excluding carboxylic acids is 2. The lowest BCUT2D eigenvalue weighted by Gasteiger charge is -2.36. The van der Waals surface area contributed by atoms with Gasteiger partial charge in [-0.05, 0) is 49.1 Å². The smallest absolute Gasteiger partial charge is 0.344 e. The third-order valence-electron chi connectivity index (χ3n) is 4.93. The van der Waals surface area contributed by atoms with E-state index in [-0.39, 0.29) is 12.7 Å². The largest absolute Gasteiger partial charge is 0.460 e. The van der Waals surface area contributed by atoms with Crippen LogP contribution in [0.1, 0.15) is 56.0 Å². The van der Waals surface area contributed by atoms with Crippen molar-refractivity contribution in [1.29, 1.82) is 0 Å². The van der Waals surface area contributed by atoms with E-state index in [1.54, 1.807) is 12.1 Å². The number of hydrogen-bond acceptors (Lipinski definition) is 4. The molecule has 24 heavy (non-hydrogen) atoms. The number of hydrogen-bond donors (Lipinski definition) is 0. The number of rotatable bonds is 5. The topological polar surface area (TPSA) is 52.6 Å². The number of ether oxygens (including phenoxy) is 2. The second-order valence-electron chi connectivity index (χ2n) is 7.25. The van der Waals surface area contributed by atoms with Gasteiger partial charge in [0.25, 0.3) is 0 Å². The third-order valence-corrected chi connectivity index (χ3v) is 4.93. The van der Waals surface area contributed by atoms with Crippen molar-refractivity contribution >= 4 is 11.9 Å². The minimum absolute atomic E-state index is 0.0709. The lowest BCUT2D eigenvalue weighted by Crippen LogP contribution is -2.36. The quantitative estimate of drug-likeness (QED) is 0.760. The van der Waals surface area contributed by atoms with E-state index >= 15 is 0 Å². The highest BCUT2D eigenvalue weighted by atomic mass is 16.6. The minimum atomic E-state index is -0.484. The SMILES string of the molecule is Cc1ccccc1C(=O)OCC(=O)O[C@@H]1C[C@H](C)CC[C@H]1C(C)C. The van der Waals surface area contributed by atoms with Crippen LogP contribution in [0.25, 0.3) is 0 Å². The first-order valence-corrected chi connectivity index (χ1v) is 8.80. The molecule has 1 aromatic carbocycles.